The first-order chi connectivity index (χ1) is 11.6. The molecule has 136 valence electrons. The number of hydrogen-bond acceptors (Lipinski definition) is 3. The number of nitrogens with zero attached hydrogens (tertiary/aromatic N) is 2. The molecule has 1 aromatic heterocycles. The second-order valence-corrected chi connectivity index (χ2v) is 5.89. The Morgan fingerprint density at radius 2 is 1.96 bits per heavy atom. The molecule has 2 N–H and O–H groups in total. The fourth-order valence-corrected chi connectivity index (χ4v) is 2.25. The Morgan fingerprint density at radius 1 is 1.24 bits per heavy atom. The second kappa shape index (κ2) is 11.1. The molecule has 25 heavy (non-hydrogen) atoms. The molecule has 7 heteroatoms. The van der Waals surface area contributed by atoms with Crippen molar-refractivity contribution in [2.75, 3.05) is 13.6 Å². The predicted molar refractivity (Wildman–Crippen MR) is 114 cm³/mol. The van der Waals surface area contributed by atoms with E-state index < -0.39 is 0 Å². The van der Waals surface area contributed by atoms with E-state index in [4.69, 9.17) is 16.3 Å². The molecular formula is C18H24ClIN4O. The van der Waals surface area contributed by atoms with E-state index in [1.54, 1.807) is 13.2 Å². The second-order valence-electron chi connectivity index (χ2n) is 5.46. The van der Waals surface area contributed by atoms with Crippen molar-refractivity contribution in [2.24, 2.45) is 4.99 Å². The maximum Gasteiger partial charge on any atom is 0.191 e. The molecule has 1 heterocycles. The number of aliphatic imine (C=N–C) groups is 1. The number of aromatic nitrogens is 1. The van der Waals surface area contributed by atoms with E-state index in [-0.39, 0.29) is 30.1 Å². The topological polar surface area (TPSA) is 58.5 Å². The zero-order valence-electron chi connectivity index (χ0n) is 14.6. The fourth-order valence-electron chi connectivity index (χ4n) is 2.12. The van der Waals surface area contributed by atoms with Crippen molar-refractivity contribution in [2.45, 2.75) is 26.5 Å². The minimum Gasteiger partial charge on any atom is -0.489 e. The number of rotatable bonds is 6. The number of guanidine groups is 1. The number of halogens is 2. The van der Waals surface area contributed by atoms with Gasteiger partial charge in [0.15, 0.2) is 5.96 Å². The van der Waals surface area contributed by atoms with Crippen LogP contribution in [0.3, 0.4) is 0 Å². The van der Waals surface area contributed by atoms with Crippen molar-refractivity contribution in [3.63, 3.8) is 0 Å². The third-order valence-electron chi connectivity index (χ3n) is 3.47. The highest BCUT2D eigenvalue weighted by Crippen LogP contribution is 2.16. The van der Waals surface area contributed by atoms with Gasteiger partial charge in [-0.2, -0.15) is 0 Å². The molecule has 0 spiro atoms. The monoisotopic (exact) mass is 474 g/mol. The van der Waals surface area contributed by atoms with Gasteiger partial charge >= 0.3 is 0 Å². The van der Waals surface area contributed by atoms with Crippen LogP contribution in [0.25, 0.3) is 0 Å². The van der Waals surface area contributed by atoms with Crippen molar-refractivity contribution in [3.05, 3.63) is 58.9 Å². The summed E-state index contributed by atoms with van der Waals surface area (Å²) in [7, 11) is 1.74. The average Bonchev–Trinajstić information content (AvgIpc) is 2.58. The van der Waals surface area contributed by atoms with E-state index in [1.807, 2.05) is 50.2 Å². The summed E-state index contributed by atoms with van der Waals surface area (Å²) in [5.74, 6) is 1.51. The fraction of sp³-hybridized carbons (Fsp3) is 0.333. The number of hydrogen-bond donors (Lipinski definition) is 2. The molecule has 5 nitrogen and oxygen atoms in total. The first-order valence-corrected chi connectivity index (χ1v) is 8.23. The zero-order valence-corrected chi connectivity index (χ0v) is 17.7. The molecule has 2 aromatic rings. The summed E-state index contributed by atoms with van der Waals surface area (Å²) in [5.41, 5.74) is 2.16. The minimum atomic E-state index is -0.0127. The summed E-state index contributed by atoms with van der Waals surface area (Å²) in [6.07, 6.45) is 1.78. The van der Waals surface area contributed by atoms with Gasteiger partial charge in [0.25, 0.3) is 0 Å². The van der Waals surface area contributed by atoms with Gasteiger partial charge in [-0.05, 0) is 49.7 Å². The maximum atomic E-state index is 5.87. The molecule has 0 radical (unpaired) electrons. The van der Waals surface area contributed by atoms with Crippen molar-refractivity contribution in [1.82, 2.24) is 15.6 Å². The zero-order chi connectivity index (χ0) is 17.4. The Kier molecular flexibility index (Phi) is 9.59. The van der Waals surface area contributed by atoms with Crippen molar-refractivity contribution >= 4 is 41.5 Å². The lowest BCUT2D eigenvalue weighted by Crippen LogP contribution is -2.41. The SMILES string of the molecule is CN=C(NCc1ncccc1C)NCC(C)Oc1ccc(Cl)cc1.I. The molecule has 2 rings (SSSR count). The third kappa shape index (κ3) is 7.48. The lowest BCUT2D eigenvalue weighted by atomic mass is 10.2. The Morgan fingerprint density at radius 3 is 2.60 bits per heavy atom. The van der Waals surface area contributed by atoms with Crippen LogP contribution in [0, 0.1) is 6.92 Å². The van der Waals surface area contributed by atoms with Crippen molar-refractivity contribution in [3.8, 4) is 5.75 Å². The van der Waals surface area contributed by atoms with E-state index in [0.29, 0.717) is 24.1 Å². The molecule has 0 saturated heterocycles. The smallest absolute Gasteiger partial charge is 0.191 e. The maximum absolute atomic E-state index is 5.87. The highest BCUT2D eigenvalue weighted by molar-refractivity contribution is 14.0. The van der Waals surface area contributed by atoms with Crippen LogP contribution in [-0.2, 0) is 6.54 Å². The standard InChI is InChI=1S/C18H23ClN4O.HI/c1-13-5-4-10-21-17(13)12-23-18(20-3)22-11-14(2)24-16-8-6-15(19)7-9-16;/h4-10,14H,11-12H2,1-3H3,(H2,20,22,23);1H. The highest BCUT2D eigenvalue weighted by atomic mass is 127. The Labute approximate surface area is 171 Å². The number of aryl methyl sites for hydroxylation is 1. The molecule has 0 aliphatic heterocycles. The average molecular weight is 475 g/mol. The van der Waals surface area contributed by atoms with Crippen molar-refractivity contribution in [1.29, 1.82) is 0 Å². The number of ether oxygens (including phenoxy) is 1. The van der Waals surface area contributed by atoms with Gasteiger partial charge in [-0.15, -0.1) is 24.0 Å². The van der Waals surface area contributed by atoms with Crippen LogP contribution in [-0.4, -0.2) is 30.6 Å². The van der Waals surface area contributed by atoms with Gasteiger partial charge in [0.1, 0.15) is 11.9 Å². The summed E-state index contributed by atoms with van der Waals surface area (Å²) in [6.45, 7) is 5.29. The van der Waals surface area contributed by atoms with Crippen LogP contribution in [0.1, 0.15) is 18.2 Å². The van der Waals surface area contributed by atoms with Crippen LogP contribution in [0.4, 0.5) is 0 Å². The first-order valence-electron chi connectivity index (χ1n) is 7.85. The summed E-state index contributed by atoms with van der Waals surface area (Å²) in [4.78, 5) is 8.58. The van der Waals surface area contributed by atoms with Gasteiger partial charge in [0.05, 0.1) is 18.8 Å². The van der Waals surface area contributed by atoms with Gasteiger partial charge in [-0.25, -0.2) is 0 Å². The van der Waals surface area contributed by atoms with Crippen LogP contribution in [0.5, 0.6) is 5.75 Å². The minimum absolute atomic E-state index is 0. The quantitative estimate of drug-likeness (QED) is 0.380. The van der Waals surface area contributed by atoms with Crippen LogP contribution in [0.2, 0.25) is 5.02 Å². The highest BCUT2D eigenvalue weighted by Gasteiger charge is 2.06. The number of benzene rings is 1. The first kappa shape index (κ1) is 21.5. The largest absolute Gasteiger partial charge is 0.489 e. The van der Waals surface area contributed by atoms with Gasteiger partial charge in [0, 0.05) is 18.3 Å². The molecule has 0 aliphatic carbocycles. The lowest BCUT2D eigenvalue weighted by Gasteiger charge is -2.18. The number of nitrogens with one attached hydrogen (secondary N) is 2. The molecule has 0 bridgehead atoms. The summed E-state index contributed by atoms with van der Waals surface area (Å²) in [6, 6.07) is 11.3. The van der Waals surface area contributed by atoms with Crippen molar-refractivity contribution < 1.29 is 4.74 Å². The molecule has 0 saturated carbocycles. The molecular weight excluding hydrogens is 451 g/mol. The predicted octanol–water partition coefficient (Wildman–Crippen LogP) is 3.79. The molecule has 0 fully saturated rings. The summed E-state index contributed by atoms with van der Waals surface area (Å²) in [5, 5.41) is 7.20. The molecule has 1 unspecified atom stereocenters. The Hall–Kier alpha value is -1.54. The Bertz CT molecular complexity index is 679. The van der Waals surface area contributed by atoms with E-state index >= 15 is 0 Å². The van der Waals surface area contributed by atoms with E-state index in [9.17, 15) is 0 Å². The third-order valence-corrected chi connectivity index (χ3v) is 3.72. The van der Waals surface area contributed by atoms with E-state index in [0.717, 1.165) is 17.0 Å². The van der Waals surface area contributed by atoms with E-state index in [1.165, 1.54) is 0 Å². The summed E-state index contributed by atoms with van der Waals surface area (Å²) >= 11 is 5.87. The van der Waals surface area contributed by atoms with E-state index in [2.05, 4.69) is 20.6 Å². The van der Waals surface area contributed by atoms with Gasteiger partial charge in [0.2, 0.25) is 0 Å². The normalized spacial score (nSPS) is 12.1. The molecule has 1 atom stereocenters. The van der Waals surface area contributed by atoms with Gasteiger partial charge in [-0.3, -0.25) is 9.98 Å². The summed E-state index contributed by atoms with van der Waals surface area (Å²) < 4.78 is 5.83. The molecule has 0 amide bonds. The molecule has 1 aromatic carbocycles. The number of pyridine rings is 1. The van der Waals surface area contributed by atoms with Gasteiger partial charge < -0.3 is 15.4 Å². The van der Waals surface area contributed by atoms with Crippen LogP contribution >= 0.6 is 35.6 Å². The van der Waals surface area contributed by atoms with Gasteiger partial charge in [-0.1, -0.05) is 17.7 Å². The lowest BCUT2D eigenvalue weighted by molar-refractivity contribution is 0.224. The Balaban J connectivity index is 0.00000312. The van der Waals surface area contributed by atoms with Crippen LogP contribution < -0.4 is 15.4 Å². The molecule has 0 aliphatic rings. The van der Waals surface area contributed by atoms with Crippen LogP contribution in [0.15, 0.2) is 47.6 Å².